The van der Waals surface area contributed by atoms with Crippen LogP contribution in [0.5, 0.6) is 11.5 Å². The van der Waals surface area contributed by atoms with Crippen LogP contribution in [0.2, 0.25) is 0 Å². The van der Waals surface area contributed by atoms with E-state index in [1.165, 1.54) is 0 Å². The minimum absolute atomic E-state index is 0.0437. The van der Waals surface area contributed by atoms with Gasteiger partial charge in [0, 0.05) is 6.07 Å². The normalized spacial score (nSPS) is 12.2. The molecule has 8 heteroatoms. The first-order chi connectivity index (χ1) is 13.5. The summed E-state index contributed by atoms with van der Waals surface area (Å²) in [6, 6.07) is 16.2. The highest BCUT2D eigenvalue weighted by Crippen LogP contribution is 2.31. The molecular formula is C20H12N4O4. The summed E-state index contributed by atoms with van der Waals surface area (Å²) in [5, 5.41) is 11.0. The lowest BCUT2D eigenvalue weighted by Gasteiger charge is -2.16. The van der Waals surface area contributed by atoms with Crippen molar-refractivity contribution in [1.82, 2.24) is 9.88 Å². The molecule has 0 saturated heterocycles. The van der Waals surface area contributed by atoms with E-state index in [2.05, 4.69) is 5.32 Å². The molecule has 3 N–H and O–H groups in total. The number of amides is 2. The van der Waals surface area contributed by atoms with Gasteiger partial charge in [-0.05, 0) is 36.4 Å². The number of nitrogens with two attached hydrogens (primary N) is 1. The topological polar surface area (TPSA) is 127 Å². The fraction of sp³-hybridized carbons (Fsp3) is 0. The van der Waals surface area contributed by atoms with Gasteiger partial charge >= 0.3 is 0 Å². The zero-order chi connectivity index (χ0) is 19.8. The Labute approximate surface area is 158 Å². The number of aromatic nitrogens is 1. The van der Waals surface area contributed by atoms with Crippen LogP contribution in [0.3, 0.4) is 0 Å². The highest BCUT2D eigenvalue weighted by Gasteiger charge is 2.32. The van der Waals surface area contributed by atoms with Crippen molar-refractivity contribution >= 4 is 17.6 Å². The molecule has 0 fully saturated rings. The van der Waals surface area contributed by atoms with Gasteiger partial charge in [0.05, 0.1) is 28.4 Å². The Balaban J connectivity index is 1.84. The van der Waals surface area contributed by atoms with E-state index in [1.54, 1.807) is 48.5 Å². The van der Waals surface area contributed by atoms with Crippen LogP contribution in [0.25, 0.3) is 5.69 Å². The molecule has 28 heavy (non-hydrogen) atoms. The third-order valence-electron chi connectivity index (χ3n) is 4.27. The van der Waals surface area contributed by atoms with E-state index in [9.17, 15) is 14.4 Å². The number of carbonyl (C=O) groups is 2. The van der Waals surface area contributed by atoms with E-state index in [4.69, 9.17) is 15.7 Å². The van der Waals surface area contributed by atoms with Crippen LogP contribution in [-0.4, -0.2) is 16.4 Å². The van der Waals surface area contributed by atoms with Crippen LogP contribution in [-0.2, 0) is 0 Å². The van der Waals surface area contributed by atoms with E-state index in [1.807, 2.05) is 6.07 Å². The van der Waals surface area contributed by atoms with Crippen LogP contribution in [0, 0.1) is 11.3 Å². The third-order valence-corrected chi connectivity index (χ3v) is 4.27. The van der Waals surface area contributed by atoms with Gasteiger partial charge in [0.2, 0.25) is 0 Å². The van der Waals surface area contributed by atoms with Crippen LogP contribution in [0.1, 0.15) is 26.3 Å². The van der Waals surface area contributed by atoms with Gasteiger partial charge < -0.3 is 10.5 Å². The number of para-hydroxylation sites is 2. The van der Waals surface area contributed by atoms with Crippen LogP contribution < -0.4 is 21.3 Å². The molecule has 0 aliphatic carbocycles. The molecule has 0 atom stereocenters. The third kappa shape index (κ3) is 2.68. The molecule has 0 saturated carbocycles. The van der Waals surface area contributed by atoms with Crippen LogP contribution in [0.15, 0.2) is 59.4 Å². The first kappa shape index (κ1) is 17.1. The average Bonchev–Trinajstić information content (AvgIpc) is 2.97. The summed E-state index contributed by atoms with van der Waals surface area (Å²) in [7, 11) is 0. The zero-order valence-corrected chi connectivity index (χ0v) is 14.3. The summed E-state index contributed by atoms with van der Waals surface area (Å²) in [5.74, 6) is -0.700. The predicted octanol–water partition coefficient (Wildman–Crippen LogP) is 1.97. The first-order valence-electron chi connectivity index (χ1n) is 8.18. The maximum atomic E-state index is 12.6. The fourth-order valence-electron chi connectivity index (χ4n) is 2.98. The number of carbonyl (C=O) groups excluding carboxylic acids is 2. The number of hydrogen-bond donors (Lipinski definition) is 2. The largest absolute Gasteiger partial charge is 0.455 e. The Morgan fingerprint density at radius 1 is 1.00 bits per heavy atom. The lowest BCUT2D eigenvalue weighted by Crippen LogP contribution is -2.24. The van der Waals surface area contributed by atoms with Gasteiger partial charge in [0.15, 0.2) is 5.75 Å². The van der Waals surface area contributed by atoms with Gasteiger partial charge in [-0.1, -0.05) is 12.1 Å². The molecule has 136 valence electrons. The second-order valence-corrected chi connectivity index (χ2v) is 5.98. The Kier molecular flexibility index (Phi) is 3.90. The van der Waals surface area contributed by atoms with Gasteiger partial charge in [-0.25, -0.2) is 0 Å². The lowest BCUT2D eigenvalue weighted by atomic mass is 10.1. The highest BCUT2D eigenvalue weighted by molar-refractivity contribution is 6.23. The molecule has 0 unspecified atom stereocenters. The number of nitriles is 1. The Bertz CT molecular complexity index is 1240. The molecule has 0 bridgehead atoms. The number of hydrogen-bond acceptors (Lipinski definition) is 6. The average molecular weight is 372 g/mol. The van der Waals surface area contributed by atoms with Gasteiger partial charge in [-0.3, -0.25) is 24.3 Å². The molecule has 1 aliphatic heterocycles. The van der Waals surface area contributed by atoms with Crippen molar-refractivity contribution in [1.29, 1.82) is 5.26 Å². The van der Waals surface area contributed by atoms with Gasteiger partial charge in [-0.15, -0.1) is 0 Å². The Hall–Kier alpha value is -4.38. The van der Waals surface area contributed by atoms with Crippen LogP contribution >= 0.6 is 0 Å². The van der Waals surface area contributed by atoms with E-state index in [-0.39, 0.29) is 16.9 Å². The van der Waals surface area contributed by atoms with Crippen molar-refractivity contribution < 1.29 is 14.3 Å². The van der Waals surface area contributed by atoms with E-state index >= 15 is 0 Å². The first-order valence-corrected chi connectivity index (χ1v) is 8.18. The summed E-state index contributed by atoms with van der Waals surface area (Å²) in [5.41, 5.74) is 6.21. The maximum Gasteiger partial charge on any atom is 0.262 e. The van der Waals surface area contributed by atoms with Crippen LogP contribution in [0.4, 0.5) is 5.82 Å². The molecule has 2 aromatic carbocycles. The zero-order valence-electron chi connectivity index (χ0n) is 14.3. The summed E-state index contributed by atoms with van der Waals surface area (Å²) in [4.78, 5) is 36.5. The number of imide groups is 1. The quantitative estimate of drug-likeness (QED) is 0.677. The minimum atomic E-state index is -0.656. The van der Waals surface area contributed by atoms with Crippen molar-refractivity contribution in [2.24, 2.45) is 0 Å². The highest BCUT2D eigenvalue weighted by atomic mass is 16.5. The molecule has 4 rings (SSSR count). The van der Waals surface area contributed by atoms with Gasteiger partial charge in [0.1, 0.15) is 11.6 Å². The molecule has 3 aromatic rings. The number of benzene rings is 2. The lowest BCUT2D eigenvalue weighted by molar-refractivity contribution is 0.0880. The molecule has 2 heterocycles. The molecule has 2 amide bonds. The molecule has 1 aromatic heterocycles. The van der Waals surface area contributed by atoms with Crippen molar-refractivity contribution in [3.05, 3.63) is 81.6 Å². The van der Waals surface area contributed by atoms with Crippen molar-refractivity contribution in [2.75, 3.05) is 5.73 Å². The smallest absolute Gasteiger partial charge is 0.262 e. The number of ether oxygens (including phenoxy) is 1. The predicted molar refractivity (Wildman–Crippen MR) is 99.5 cm³/mol. The molecule has 0 radical (unpaired) electrons. The van der Waals surface area contributed by atoms with E-state index in [0.29, 0.717) is 22.7 Å². The number of nitrogens with zero attached hydrogens (tertiary/aromatic N) is 2. The number of nitrogen functional groups attached to an aromatic ring is 1. The van der Waals surface area contributed by atoms with E-state index in [0.717, 1.165) is 10.6 Å². The molecule has 8 nitrogen and oxygen atoms in total. The Morgan fingerprint density at radius 3 is 2.43 bits per heavy atom. The molecule has 0 spiro atoms. The molecular weight excluding hydrogens is 360 g/mol. The standard InChI is InChI=1S/C20H12N4O4/c21-10-11-5-7-12(8-6-11)28-15-4-2-1-3-14(15)24-16(25)9-13-17(18(24)22)20(27)23-19(13)26/h1-9H,22H2,(H,23,26,27). The van der Waals surface area contributed by atoms with Gasteiger partial charge in [0.25, 0.3) is 17.4 Å². The summed E-state index contributed by atoms with van der Waals surface area (Å²) < 4.78 is 6.97. The van der Waals surface area contributed by atoms with Gasteiger partial charge in [-0.2, -0.15) is 5.26 Å². The fourth-order valence-corrected chi connectivity index (χ4v) is 2.98. The summed E-state index contributed by atoms with van der Waals surface area (Å²) in [6.07, 6.45) is 0. The van der Waals surface area contributed by atoms with E-state index < -0.39 is 17.4 Å². The summed E-state index contributed by atoms with van der Waals surface area (Å²) in [6.45, 7) is 0. The second kappa shape index (κ2) is 6.41. The number of pyridine rings is 1. The van der Waals surface area contributed by atoms with Crippen molar-refractivity contribution in [3.63, 3.8) is 0 Å². The molecule has 1 aliphatic rings. The number of nitrogens with one attached hydrogen (secondary N) is 1. The minimum Gasteiger partial charge on any atom is -0.455 e. The number of rotatable bonds is 3. The second-order valence-electron chi connectivity index (χ2n) is 5.98. The maximum absolute atomic E-state index is 12.6. The summed E-state index contributed by atoms with van der Waals surface area (Å²) >= 11 is 0. The SMILES string of the molecule is N#Cc1ccc(Oc2ccccc2-n2c(N)c3c(cc2=O)C(=O)NC3=O)cc1. The number of fused-ring (bicyclic) bond motifs is 1. The Morgan fingerprint density at radius 2 is 1.71 bits per heavy atom. The monoisotopic (exact) mass is 372 g/mol. The van der Waals surface area contributed by atoms with Crippen molar-refractivity contribution in [2.45, 2.75) is 0 Å². The number of anilines is 1. The van der Waals surface area contributed by atoms with Crippen molar-refractivity contribution in [3.8, 4) is 23.3 Å².